The third-order valence-corrected chi connectivity index (χ3v) is 2.98. The summed E-state index contributed by atoms with van der Waals surface area (Å²) >= 11 is 0. The number of amides is 1. The van der Waals surface area contributed by atoms with Crippen molar-refractivity contribution in [3.8, 4) is 0 Å². The highest BCUT2D eigenvalue weighted by Crippen LogP contribution is 2.42. The molecule has 1 aliphatic carbocycles. The molecule has 0 aromatic heterocycles. The number of nitrogens with one attached hydrogen (secondary N) is 1. The van der Waals surface area contributed by atoms with Gasteiger partial charge in [0.05, 0.1) is 5.54 Å². The van der Waals surface area contributed by atoms with Crippen molar-refractivity contribution in [2.45, 2.75) is 44.8 Å². The van der Waals surface area contributed by atoms with Crippen LogP contribution >= 0.6 is 0 Å². The molecule has 0 aromatic rings. The predicted molar refractivity (Wildman–Crippen MR) is 57.8 cm³/mol. The Labute approximate surface area is 91.0 Å². The summed E-state index contributed by atoms with van der Waals surface area (Å²) < 4.78 is 5.41. The average Bonchev–Trinajstić information content (AvgIpc) is 2.83. The van der Waals surface area contributed by atoms with Crippen LogP contribution in [0, 0.1) is 0 Å². The van der Waals surface area contributed by atoms with Gasteiger partial charge in [-0.25, -0.2) is 4.79 Å². The lowest BCUT2D eigenvalue weighted by atomic mass is 10.1. The SMILES string of the molecule is CC(C)(C)OC(=O)N1CCNCC12CC2. The Balaban J connectivity index is 2.00. The number of ether oxygens (including phenoxy) is 1. The Morgan fingerprint density at radius 2 is 2.07 bits per heavy atom. The van der Waals surface area contributed by atoms with Crippen molar-refractivity contribution in [2.24, 2.45) is 0 Å². The van der Waals surface area contributed by atoms with E-state index in [4.69, 9.17) is 4.74 Å². The molecular formula is C11H20N2O2. The van der Waals surface area contributed by atoms with Crippen LogP contribution in [0.3, 0.4) is 0 Å². The van der Waals surface area contributed by atoms with E-state index in [0.29, 0.717) is 0 Å². The van der Waals surface area contributed by atoms with E-state index in [1.54, 1.807) is 0 Å². The lowest BCUT2D eigenvalue weighted by Crippen LogP contribution is -2.56. The molecule has 2 rings (SSSR count). The van der Waals surface area contributed by atoms with E-state index < -0.39 is 5.60 Å². The van der Waals surface area contributed by atoms with E-state index in [2.05, 4.69) is 5.32 Å². The highest BCUT2D eigenvalue weighted by molar-refractivity contribution is 5.70. The normalized spacial score (nSPS) is 24.1. The zero-order chi connectivity index (χ0) is 11.1. The highest BCUT2D eigenvalue weighted by Gasteiger charge is 2.52. The molecule has 1 spiro atoms. The van der Waals surface area contributed by atoms with Crippen molar-refractivity contribution >= 4 is 6.09 Å². The first-order chi connectivity index (χ1) is 6.93. The van der Waals surface area contributed by atoms with Crippen molar-refractivity contribution in [2.75, 3.05) is 19.6 Å². The van der Waals surface area contributed by atoms with Crippen LogP contribution in [0.15, 0.2) is 0 Å². The van der Waals surface area contributed by atoms with E-state index in [9.17, 15) is 4.79 Å². The summed E-state index contributed by atoms with van der Waals surface area (Å²) in [5.41, 5.74) is -0.307. The summed E-state index contributed by atoms with van der Waals surface area (Å²) in [6.07, 6.45) is 2.07. The zero-order valence-corrected chi connectivity index (χ0v) is 9.80. The van der Waals surface area contributed by atoms with Gasteiger partial charge in [-0.05, 0) is 33.6 Å². The summed E-state index contributed by atoms with van der Waals surface area (Å²) in [6, 6.07) is 0. The second kappa shape index (κ2) is 3.37. The molecule has 4 nitrogen and oxygen atoms in total. The largest absolute Gasteiger partial charge is 0.444 e. The summed E-state index contributed by atoms with van der Waals surface area (Å²) in [4.78, 5) is 13.9. The molecular weight excluding hydrogens is 192 g/mol. The van der Waals surface area contributed by atoms with Gasteiger partial charge in [-0.1, -0.05) is 0 Å². The molecule has 0 atom stereocenters. The number of piperazine rings is 1. The summed E-state index contributed by atoms with van der Waals surface area (Å²) in [7, 11) is 0. The molecule has 1 heterocycles. The molecule has 2 fully saturated rings. The van der Waals surface area contributed by atoms with Crippen LogP contribution in [0.2, 0.25) is 0 Å². The van der Waals surface area contributed by atoms with Crippen LogP contribution in [-0.4, -0.2) is 41.8 Å². The minimum Gasteiger partial charge on any atom is -0.444 e. The van der Waals surface area contributed by atoms with Gasteiger partial charge < -0.3 is 10.1 Å². The maximum Gasteiger partial charge on any atom is 0.410 e. The molecule has 0 aromatic carbocycles. The number of rotatable bonds is 0. The van der Waals surface area contributed by atoms with Crippen LogP contribution in [0.5, 0.6) is 0 Å². The Morgan fingerprint density at radius 3 is 2.60 bits per heavy atom. The van der Waals surface area contributed by atoms with Crippen LogP contribution in [0.1, 0.15) is 33.6 Å². The van der Waals surface area contributed by atoms with Gasteiger partial charge in [0.2, 0.25) is 0 Å². The number of hydrogen-bond acceptors (Lipinski definition) is 3. The molecule has 15 heavy (non-hydrogen) atoms. The summed E-state index contributed by atoms with van der Waals surface area (Å²) in [6.45, 7) is 8.30. The van der Waals surface area contributed by atoms with Gasteiger partial charge in [-0.2, -0.15) is 0 Å². The van der Waals surface area contributed by atoms with Gasteiger partial charge in [0.1, 0.15) is 5.60 Å². The van der Waals surface area contributed by atoms with E-state index >= 15 is 0 Å². The molecule has 1 saturated heterocycles. The quantitative estimate of drug-likeness (QED) is 0.659. The molecule has 1 saturated carbocycles. The Bertz CT molecular complexity index is 266. The minimum atomic E-state index is -0.391. The van der Waals surface area contributed by atoms with Crippen molar-refractivity contribution in [1.82, 2.24) is 10.2 Å². The van der Waals surface area contributed by atoms with Gasteiger partial charge in [0.25, 0.3) is 0 Å². The minimum absolute atomic E-state index is 0.0839. The topological polar surface area (TPSA) is 41.6 Å². The molecule has 1 amide bonds. The van der Waals surface area contributed by atoms with E-state index in [-0.39, 0.29) is 11.6 Å². The van der Waals surface area contributed by atoms with Crippen LogP contribution in [0.25, 0.3) is 0 Å². The smallest absolute Gasteiger partial charge is 0.410 e. The fourth-order valence-electron chi connectivity index (χ4n) is 2.04. The fourth-order valence-corrected chi connectivity index (χ4v) is 2.04. The molecule has 0 unspecified atom stereocenters. The number of hydrogen-bond donors (Lipinski definition) is 1. The number of nitrogens with zero attached hydrogens (tertiary/aromatic N) is 1. The molecule has 1 N–H and O–H groups in total. The molecule has 2 aliphatic rings. The Morgan fingerprint density at radius 1 is 1.40 bits per heavy atom. The third kappa shape index (κ3) is 2.25. The molecule has 4 heteroatoms. The highest BCUT2D eigenvalue weighted by atomic mass is 16.6. The van der Waals surface area contributed by atoms with E-state index in [0.717, 1.165) is 32.5 Å². The van der Waals surface area contributed by atoms with Gasteiger partial charge in [-0.3, -0.25) is 4.90 Å². The second-order valence-electron chi connectivity index (χ2n) is 5.53. The monoisotopic (exact) mass is 212 g/mol. The van der Waals surface area contributed by atoms with Crippen molar-refractivity contribution in [1.29, 1.82) is 0 Å². The third-order valence-electron chi connectivity index (χ3n) is 2.98. The van der Waals surface area contributed by atoms with E-state index in [1.165, 1.54) is 0 Å². The van der Waals surface area contributed by atoms with Crippen molar-refractivity contribution < 1.29 is 9.53 Å². The molecule has 86 valence electrons. The zero-order valence-electron chi connectivity index (χ0n) is 9.80. The van der Waals surface area contributed by atoms with Crippen LogP contribution in [0.4, 0.5) is 4.79 Å². The first kappa shape index (κ1) is 10.7. The fraction of sp³-hybridized carbons (Fsp3) is 0.909. The van der Waals surface area contributed by atoms with Gasteiger partial charge >= 0.3 is 6.09 Å². The molecule has 1 aliphatic heterocycles. The number of carbonyl (C=O) groups is 1. The van der Waals surface area contributed by atoms with Crippen LogP contribution < -0.4 is 5.32 Å². The van der Waals surface area contributed by atoms with Gasteiger partial charge in [0.15, 0.2) is 0 Å². The lowest BCUT2D eigenvalue weighted by molar-refractivity contribution is 0.00844. The predicted octanol–water partition coefficient (Wildman–Crippen LogP) is 1.36. The maximum atomic E-state index is 11.9. The van der Waals surface area contributed by atoms with Crippen molar-refractivity contribution in [3.05, 3.63) is 0 Å². The molecule has 0 bridgehead atoms. The summed E-state index contributed by atoms with van der Waals surface area (Å²) in [5, 5.41) is 3.34. The number of carbonyl (C=O) groups excluding carboxylic acids is 1. The summed E-state index contributed by atoms with van der Waals surface area (Å²) in [5.74, 6) is 0. The van der Waals surface area contributed by atoms with Crippen LogP contribution in [-0.2, 0) is 4.74 Å². The first-order valence-electron chi connectivity index (χ1n) is 5.64. The molecule has 0 radical (unpaired) electrons. The van der Waals surface area contributed by atoms with E-state index in [1.807, 2.05) is 25.7 Å². The maximum absolute atomic E-state index is 11.9. The van der Waals surface area contributed by atoms with Crippen molar-refractivity contribution in [3.63, 3.8) is 0 Å². The standard InChI is InChI=1S/C11H20N2O2/c1-10(2,3)15-9(14)13-7-6-12-8-11(13)4-5-11/h12H,4-8H2,1-3H3. The first-order valence-corrected chi connectivity index (χ1v) is 5.64. The second-order valence-corrected chi connectivity index (χ2v) is 5.53. The van der Waals surface area contributed by atoms with Gasteiger partial charge in [-0.15, -0.1) is 0 Å². The van der Waals surface area contributed by atoms with Gasteiger partial charge in [0, 0.05) is 19.6 Å². The lowest BCUT2D eigenvalue weighted by Gasteiger charge is -2.37. The Hall–Kier alpha value is -0.770. The average molecular weight is 212 g/mol. The Kier molecular flexibility index (Phi) is 2.41.